The first-order valence-corrected chi connectivity index (χ1v) is 8.64. The van der Waals surface area contributed by atoms with Gasteiger partial charge < -0.3 is 4.57 Å². The highest BCUT2D eigenvalue weighted by atomic mass is 35.7. The third-order valence-corrected chi connectivity index (χ3v) is 4.07. The van der Waals surface area contributed by atoms with E-state index in [2.05, 4.69) is 24.0 Å². The smallest absolute Gasteiger partial charge is 0.296 e. The van der Waals surface area contributed by atoms with E-state index >= 15 is 0 Å². The van der Waals surface area contributed by atoms with Gasteiger partial charge >= 0.3 is 0 Å². The Labute approximate surface area is 113 Å². The zero-order chi connectivity index (χ0) is 13.8. The molecule has 0 saturated carbocycles. The van der Waals surface area contributed by atoms with Crippen molar-refractivity contribution in [3.05, 3.63) is 5.82 Å². The molecule has 0 atom stereocenters. The molecule has 1 rings (SSSR count). The van der Waals surface area contributed by atoms with Gasteiger partial charge in [-0.15, -0.1) is 10.2 Å². The summed E-state index contributed by atoms with van der Waals surface area (Å²) in [5.41, 5.74) is 0. The van der Waals surface area contributed by atoms with Crippen LogP contribution in [0.25, 0.3) is 0 Å². The van der Waals surface area contributed by atoms with Crippen LogP contribution in [0.3, 0.4) is 0 Å². The number of hydrogen-bond acceptors (Lipinski definition) is 4. The summed E-state index contributed by atoms with van der Waals surface area (Å²) in [5, 5.41) is 7.64. The van der Waals surface area contributed by atoms with Crippen LogP contribution in [0.5, 0.6) is 0 Å². The van der Waals surface area contributed by atoms with Crippen molar-refractivity contribution in [1.82, 2.24) is 14.8 Å². The van der Waals surface area contributed by atoms with Crippen molar-refractivity contribution in [2.24, 2.45) is 0 Å². The lowest BCUT2D eigenvalue weighted by molar-refractivity contribution is 0.494. The topological polar surface area (TPSA) is 64.8 Å². The van der Waals surface area contributed by atoms with Crippen LogP contribution in [0.1, 0.15) is 58.2 Å². The van der Waals surface area contributed by atoms with E-state index in [1.165, 1.54) is 0 Å². The average Bonchev–Trinajstić information content (AvgIpc) is 2.71. The third kappa shape index (κ3) is 3.45. The molecule has 0 saturated heterocycles. The molecule has 18 heavy (non-hydrogen) atoms. The molecule has 0 bridgehead atoms. The maximum absolute atomic E-state index is 11.4. The molecule has 104 valence electrons. The standard InChI is InChI=1S/C11H20ClN3O2S/c1-4-7-9(8-5-2)10-13-14-11(15(10)6-3)18(12,16)17/h9H,4-8H2,1-3H3. The van der Waals surface area contributed by atoms with Gasteiger partial charge in [0.05, 0.1) is 0 Å². The molecule has 0 spiro atoms. The molecule has 0 fully saturated rings. The van der Waals surface area contributed by atoms with E-state index in [0.29, 0.717) is 6.54 Å². The molecule has 0 aliphatic carbocycles. The van der Waals surface area contributed by atoms with Crippen molar-refractivity contribution in [1.29, 1.82) is 0 Å². The SMILES string of the molecule is CCCC(CCC)c1nnc(S(=O)(=O)Cl)n1CC. The summed E-state index contributed by atoms with van der Waals surface area (Å²) in [6, 6.07) is 0. The zero-order valence-corrected chi connectivity index (χ0v) is 12.6. The summed E-state index contributed by atoms with van der Waals surface area (Å²) in [7, 11) is 1.54. The summed E-state index contributed by atoms with van der Waals surface area (Å²) in [6.07, 6.45) is 4.02. The molecule has 1 aromatic heterocycles. The molecule has 1 aromatic rings. The normalized spacial score (nSPS) is 12.3. The van der Waals surface area contributed by atoms with Crippen molar-refractivity contribution in [3.63, 3.8) is 0 Å². The maximum atomic E-state index is 11.4. The molecule has 5 nitrogen and oxygen atoms in total. The van der Waals surface area contributed by atoms with Crippen LogP contribution >= 0.6 is 10.7 Å². The number of aromatic nitrogens is 3. The second-order valence-corrected chi connectivity index (χ2v) is 6.76. The lowest BCUT2D eigenvalue weighted by atomic mass is 9.97. The van der Waals surface area contributed by atoms with Crippen LogP contribution in [0.4, 0.5) is 0 Å². The lowest BCUT2D eigenvalue weighted by Gasteiger charge is -2.15. The van der Waals surface area contributed by atoms with Crippen molar-refractivity contribution in [2.75, 3.05) is 0 Å². The van der Waals surface area contributed by atoms with Gasteiger partial charge in [-0.1, -0.05) is 26.7 Å². The third-order valence-electron chi connectivity index (χ3n) is 2.92. The lowest BCUT2D eigenvalue weighted by Crippen LogP contribution is -2.12. The Morgan fingerprint density at radius 2 is 1.72 bits per heavy atom. The van der Waals surface area contributed by atoms with Crippen molar-refractivity contribution in [2.45, 2.75) is 64.1 Å². The minimum Gasteiger partial charge on any atom is -0.301 e. The Bertz CT molecular complexity index is 478. The highest BCUT2D eigenvalue weighted by Gasteiger charge is 2.25. The van der Waals surface area contributed by atoms with Gasteiger partial charge in [-0.05, 0) is 19.8 Å². The quantitative estimate of drug-likeness (QED) is 0.725. The predicted molar refractivity (Wildman–Crippen MR) is 71.3 cm³/mol. The molecule has 0 radical (unpaired) electrons. The van der Waals surface area contributed by atoms with E-state index in [1.807, 2.05) is 6.92 Å². The maximum Gasteiger partial charge on any atom is 0.296 e. The Hall–Kier alpha value is -0.620. The number of halogens is 1. The molecule has 0 unspecified atom stereocenters. The van der Waals surface area contributed by atoms with E-state index in [0.717, 1.165) is 31.5 Å². The molecule has 0 amide bonds. The van der Waals surface area contributed by atoms with Crippen LogP contribution in [0, 0.1) is 0 Å². The van der Waals surface area contributed by atoms with Crippen molar-refractivity contribution in [3.8, 4) is 0 Å². The molecule has 0 aliphatic heterocycles. The summed E-state index contributed by atoms with van der Waals surface area (Å²) in [5.74, 6) is 0.986. The Morgan fingerprint density at radius 3 is 2.11 bits per heavy atom. The van der Waals surface area contributed by atoms with Gasteiger partial charge in [-0.2, -0.15) is 0 Å². The van der Waals surface area contributed by atoms with E-state index in [9.17, 15) is 8.42 Å². The number of hydrogen-bond donors (Lipinski definition) is 0. The van der Waals surface area contributed by atoms with Gasteiger partial charge in [-0.25, -0.2) is 8.42 Å². The highest BCUT2D eigenvalue weighted by Crippen LogP contribution is 2.27. The second-order valence-electron chi connectivity index (χ2n) is 4.30. The number of rotatable bonds is 7. The summed E-state index contributed by atoms with van der Waals surface area (Å²) in [4.78, 5) is 0. The first-order chi connectivity index (χ1) is 8.45. The molecule has 7 heteroatoms. The van der Waals surface area contributed by atoms with E-state index < -0.39 is 9.05 Å². The van der Waals surface area contributed by atoms with Crippen LogP contribution < -0.4 is 0 Å². The van der Waals surface area contributed by atoms with Crippen molar-refractivity contribution < 1.29 is 8.42 Å². The minimum atomic E-state index is -3.83. The zero-order valence-electron chi connectivity index (χ0n) is 11.1. The minimum absolute atomic E-state index is 0.140. The second kappa shape index (κ2) is 6.52. The fraction of sp³-hybridized carbons (Fsp3) is 0.818. The van der Waals surface area contributed by atoms with E-state index in [1.54, 1.807) is 4.57 Å². The van der Waals surface area contributed by atoms with Gasteiger partial charge in [0.1, 0.15) is 5.82 Å². The van der Waals surface area contributed by atoms with Crippen LogP contribution in [-0.4, -0.2) is 23.2 Å². The van der Waals surface area contributed by atoms with Gasteiger partial charge in [0, 0.05) is 23.1 Å². The predicted octanol–water partition coefficient (Wildman–Crippen LogP) is 2.91. The van der Waals surface area contributed by atoms with Gasteiger partial charge in [0.25, 0.3) is 14.2 Å². The molecule has 0 aliphatic rings. The summed E-state index contributed by atoms with van der Waals surface area (Å²) >= 11 is 0. The highest BCUT2D eigenvalue weighted by molar-refractivity contribution is 8.13. The number of nitrogens with zero attached hydrogens (tertiary/aromatic N) is 3. The summed E-state index contributed by atoms with van der Waals surface area (Å²) in [6.45, 7) is 6.59. The fourth-order valence-corrected chi connectivity index (χ4v) is 3.15. The largest absolute Gasteiger partial charge is 0.301 e. The molecule has 0 N–H and O–H groups in total. The van der Waals surface area contributed by atoms with E-state index in [4.69, 9.17) is 10.7 Å². The van der Waals surface area contributed by atoms with Crippen molar-refractivity contribution >= 4 is 19.7 Å². The first kappa shape index (κ1) is 15.4. The average molecular weight is 294 g/mol. The first-order valence-electron chi connectivity index (χ1n) is 6.33. The fourth-order valence-electron chi connectivity index (χ4n) is 2.18. The monoisotopic (exact) mass is 293 g/mol. The summed E-state index contributed by atoms with van der Waals surface area (Å²) < 4.78 is 24.4. The molecule has 1 heterocycles. The van der Waals surface area contributed by atoms with Crippen LogP contribution in [0.2, 0.25) is 0 Å². The Kier molecular flexibility index (Phi) is 5.59. The van der Waals surface area contributed by atoms with E-state index in [-0.39, 0.29) is 11.1 Å². The molecular formula is C11H20ClN3O2S. The Morgan fingerprint density at radius 1 is 1.17 bits per heavy atom. The van der Waals surface area contributed by atoms with Gasteiger partial charge in [-0.3, -0.25) is 0 Å². The van der Waals surface area contributed by atoms with Gasteiger partial charge in [0.15, 0.2) is 0 Å². The Balaban J connectivity index is 3.19. The molecule has 0 aromatic carbocycles. The van der Waals surface area contributed by atoms with Crippen LogP contribution in [0.15, 0.2) is 5.16 Å². The van der Waals surface area contributed by atoms with Crippen LogP contribution in [-0.2, 0) is 15.6 Å². The van der Waals surface area contributed by atoms with Gasteiger partial charge in [0.2, 0.25) is 0 Å². The molecular weight excluding hydrogens is 274 g/mol.